The highest BCUT2D eigenvalue weighted by atomic mass is 32.2. The molecule has 408 valence electrons. The Bertz CT molecular complexity index is 2830. The van der Waals surface area contributed by atoms with Gasteiger partial charge in [-0.2, -0.15) is 63.4 Å². The molecule has 1 aromatic carbocycles. The second-order valence-corrected chi connectivity index (χ2v) is 27.6. The van der Waals surface area contributed by atoms with Crippen LogP contribution in [0.2, 0.25) is 0 Å². The van der Waals surface area contributed by atoms with Gasteiger partial charge in [0.15, 0.2) is 10.1 Å². The van der Waals surface area contributed by atoms with E-state index in [2.05, 4.69) is 145 Å². The van der Waals surface area contributed by atoms with E-state index in [1.54, 1.807) is 80.7 Å². The van der Waals surface area contributed by atoms with Crippen molar-refractivity contribution in [1.29, 1.82) is 0 Å². The lowest BCUT2D eigenvalue weighted by atomic mass is 10.3. The van der Waals surface area contributed by atoms with Gasteiger partial charge in [0.05, 0.1) is 65.1 Å². The van der Waals surface area contributed by atoms with Crippen LogP contribution >= 0.6 is 50.5 Å². The molecule has 8 rings (SSSR count). The van der Waals surface area contributed by atoms with Crippen molar-refractivity contribution in [2.75, 3.05) is 99.8 Å². The van der Waals surface area contributed by atoms with Gasteiger partial charge in [-0.15, -0.1) is 23.7 Å². The maximum absolute atomic E-state index is 12.5. The van der Waals surface area contributed by atoms with Crippen molar-refractivity contribution in [1.82, 2.24) is 37.2 Å². The third kappa shape index (κ3) is 17.6. The molecule has 0 amide bonds. The first-order chi connectivity index (χ1) is 36.1. The van der Waals surface area contributed by atoms with Gasteiger partial charge in [-0.25, -0.2) is 53.7 Å². The molecule has 76 heavy (non-hydrogen) atoms. The molecule has 0 saturated carbocycles. The Balaban J connectivity index is 0.000000187. The van der Waals surface area contributed by atoms with Crippen LogP contribution in [0.15, 0.2) is 93.2 Å². The zero-order valence-corrected chi connectivity index (χ0v) is 49.1. The topological polar surface area (TPSA) is 232 Å². The van der Waals surface area contributed by atoms with E-state index in [1.807, 2.05) is 0 Å². The number of benzene rings is 1. The van der Waals surface area contributed by atoms with E-state index in [4.69, 9.17) is 0 Å². The number of nitrogens with one attached hydrogen (secondary N) is 4. The Hall–Kier alpha value is -4.85. The quantitative estimate of drug-likeness (QED) is 0.0456. The minimum Gasteiger partial charge on any atom is -0.374 e. The van der Waals surface area contributed by atoms with E-state index < -0.39 is 39.8 Å². The van der Waals surface area contributed by atoms with Gasteiger partial charge in [0.25, 0.3) is 10.0 Å². The van der Waals surface area contributed by atoms with Crippen molar-refractivity contribution < 1.29 is 29.5 Å². The minimum absolute atomic E-state index is 0.0693. The summed E-state index contributed by atoms with van der Waals surface area (Å²) in [6.45, 7) is 13.2. The summed E-state index contributed by atoms with van der Waals surface area (Å²) in [6.07, 6.45) is 5.92. The molecule has 0 aliphatic carbocycles. The minimum atomic E-state index is -3.46. The van der Waals surface area contributed by atoms with Crippen LogP contribution < -0.4 is 21.3 Å². The Morgan fingerprint density at radius 3 is 1.26 bits per heavy atom. The number of pyridine rings is 2. The highest BCUT2D eigenvalue weighted by Crippen LogP contribution is 2.27. The fourth-order valence-corrected chi connectivity index (χ4v) is 15.0. The van der Waals surface area contributed by atoms with E-state index in [0.29, 0.717) is 100 Å². The number of aromatic nitrogens is 4. The number of rotatable bonds is 16. The van der Waals surface area contributed by atoms with Gasteiger partial charge < -0.3 is 21.3 Å². The molecule has 0 spiro atoms. The van der Waals surface area contributed by atoms with Gasteiger partial charge >= 0.3 is 0 Å². The summed E-state index contributed by atoms with van der Waals surface area (Å²) in [6, 6.07) is 13.1. The zero-order valence-electron chi connectivity index (χ0n) is 42.3. The summed E-state index contributed by atoms with van der Waals surface area (Å²) in [4.78, 5) is 16.9. The molecular weight excluding hydrogens is 1130 g/mol. The third-order valence-corrected chi connectivity index (χ3v) is 19.8. The van der Waals surface area contributed by atoms with Crippen LogP contribution in [0.5, 0.6) is 0 Å². The predicted molar refractivity (Wildman–Crippen MR) is 317 cm³/mol. The molecule has 4 aliphatic rings. The largest absolute Gasteiger partial charge is 0.374 e. The lowest BCUT2D eigenvalue weighted by Gasteiger charge is -2.37. The monoisotopic (exact) mass is 1190 g/mol. The standard InChI is InChI=1S/C13H16N2O2S2.C12H16N4OS2.2C12H15N3O2S2/c1-2-3-8-14-11-4-6-13(7-5-11)19(16,17)15-9-12(18)10-15;1-3-4-5-13-11-6-15-12(7-14-11)19(2,17)16-8-10(18)9-16;1-2-3-6-13-12-5-4-11(7-14-12)19(16,17)15-8-10(18)9-15;1-2-3-6-13-10-4-5-12(14-7-10)19(16,17)15-8-11(18)9-15/h4-7,12,14,18H,8-10H2,1H3;6-7,10,18H,2,5,8-9H2,1H3,(H,13,14);4-5,7,10,18H,6,8-9H2,1H3,(H,13,14);4-5,7,11,13,18H,6,8-9H2,1H3. The van der Waals surface area contributed by atoms with E-state index in [-0.39, 0.29) is 30.9 Å². The maximum Gasteiger partial charge on any atom is 0.260 e. The first kappa shape index (κ1) is 62.0. The number of hydrogen-bond donors (Lipinski definition) is 8. The number of anilines is 4. The second-order valence-electron chi connectivity index (χ2n) is 16.7. The van der Waals surface area contributed by atoms with Crippen LogP contribution in [0.1, 0.15) is 27.7 Å². The van der Waals surface area contributed by atoms with E-state index >= 15 is 0 Å². The van der Waals surface area contributed by atoms with Crippen molar-refractivity contribution >= 4 is 119 Å². The Morgan fingerprint density at radius 2 is 0.842 bits per heavy atom. The molecule has 19 nitrogen and oxygen atoms in total. The Kier molecular flexibility index (Phi) is 23.8. The summed E-state index contributed by atoms with van der Waals surface area (Å²) < 4.78 is 91.4. The van der Waals surface area contributed by atoms with E-state index in [0.717, 1.165) is 11.4 Å². The first-order valence-electron chi connectivity index (χ1n) is 23.4. The average Bonchev–Trinajstić information content (AvgIpc) is 3.36. The van der Waals surface area contributed by atoms with Crippen molar-refractivity contribution in [2.45, 2.75) is 68.5 Å². The fourth-order valence-electron chi connectivity index (χ4n) is 6.57. The Labute approximate surface area is 471 Å². The molecule has 4 N–H and O–H groups in total. The van der Waals surface area contributed by atoms with Crippen LogP contribution in [0.4, 0.5) is 23.0 Å². The highest BCUT2D eigenvalue weighted by molar-refractivity contribution is 7.98. The molecule has 4 aromatic rings. The highest BCUT2D eigenvalue weighted by Gasteiger charge is 2.37. The van der Waals surface area contributed by atoms with Crippen LogP contribution in [-0.4, -0.2) is 172 Å². The molecule has 1 atom stereocenters. The fraction of sp³-hybridized carbons (Fsp3) is 0.408. The first-order valence-corrected chi connectivity index (χ1v) is 31.5. The van der Waals surface area contributed by atoms with Gasteiger partial charge in [-0.3, -0.25) is 0 Å². The maximum atomic E-state index is 12.5. The van der Waals surface area contributed by atoms with Gasteiger partial charge in [0.2, 0.25) is 20.0 Å². The van der Waals surface area contributed by atoms with Gasteiger partial charge in [0.1, 0.15) is 16.5 Å². The smallest absolute Gasteiger partial charge is 0.260 e. The van der Waals surface area contributed by atoms with Crippen LogP contribution in [0.3, 0.4) is 0 Å². The lowest BCUT2D eigenvalue weighted by molar-refractivity contribution is 0.320. The van der Waals surface area contributed by atoms with Crippen molar-refractivity contribution in [3.63, 3.8) is 0 Å². The summed E-state index contributed by atoms with van der Waals surface area (Å²) >= 11 is 16.9. The summed E-state index contributed by atoms with van der Waals surface area (Å²) in [5.74, 6) is 27.5. The van der Waals surface area contributed by atoms with Crippen molar-refractivity contribution in [3.8, 4) is 47.4 Å². The SMILES string of the molecule is C=S(=O)(c1cnc(NCC#CC)cn1)N1CC(S)C1.CC#CCNc1ccc(S(=O)(=O)N2CC(S)C2)cc1.CC#CCNc1ccc(S(=O)(=O)N2CC(S)C2)cn1.CC#CCNc1ccc(S(=O)(=O)N2CC(S)C2)nc1. The molecule has 27 heteroatoms. The van der Waals surface area contributed by atoms with E-state index in [9.17, 15) is 29.5 Å². The van der Waals surface area contributed by atoms with Gasteiger partial charge in [-0.05, 0) is 82.1 Å². The normalized spacial score (nSPS) is 16.9. The van der Waals surface area contributed by atoms with Crippen LogP contribution in [-0.2, 0) is 39.8 Å². The van der Waals surface area contributed by atoms with Crippen LogP contribution in [0, 0.1) is 47.4 Å². The summed E-state index contributed by atoms with van der Waals surface area (Å²) in [5, 5.41) is 13.3. The molecule has 7 heterocycles. The Morgan fingerprint density at radius 1 is 0.447 bits per heavy atom. The van der Waals surface area contributed by atoms with Gasteiger partial charge in [0, 0.05) is 85.2 Å². The molecule has 4 fully saturated rings. The molecular formula is C49H62N12O7S8. The number of thiol groups is 4. The van der Waals surface area contributed by atoms with E-state index in [1.165, 1.54) is 37.6 Å². The third-order valence-electron chi connectivity index (χ3n) is 11.1. The predicted octanol–water partition coefficient (Wildman–Crippen LogP) is 3.58. The number of hydrogen-bond acceptors (Lipinski definition) is 19. The lowest BCUT2D eigenvalue weighted by Crippen LogP contribution is -2.50. The molecule has 4 aliphatic heterocycles. The number of nitrogens with zero attached hydrogens (tertiary/aromatic N) is 8. The molecule has 0 radical (unpaired) electrons. The molecule has 1 unspecified atom stereocenters. The van der Waals surface area contributed by atoms with Crippen molar-refractivity contribution in [3.05, 3.63) is 73.3 Å². The summed E-state index contributed by atoms with van der Waals surface area (Å²) in [5.41, 5.74) is 1.61. The second kappa shape index (κ2) is 29.2. The number of sulfonamides is 3. The van der Waals surface area contributed by atoms with Gasteiger partial charge in [-0.1, -0.05) is 23.7 Å². The molecule has 0 bridgehead atoms. The average molecular weight is 1190 g/mol. The molecule has 4 saturated heterocycles. The molecule has 3 aromatic heterocycles. The van der Waals surface area contributed by atoms with Crippen LogP contribution in [0.25, 0.3) is 0 Å². The zero-order chi connectivity index (χ0) is 55.5. The van der Waals surface area contributed by atoms with Crippen molar-refractivity contribution in [2.24, 2.45) is 0 Å². The summed E-state index contributed by atoms with van der Waals surface area (Å²) in [7, 11) is -12.7.